The number of benzene rings is 1. The molecule has 0 aliphatic rings. The number of halogens is 2. The Balaban J connectivity index is 2.43. The van der Waals surface area contributed by atoms with Gasteiger partial charge in [-0.05, 0) is 12.5 Å². The molecule has 8 heteroatoms. The Morgan fingerprint density at radius 1 is 1.29 bits per heavy atom. The molecule has 2 aromatic rings. The van der Waals surface area contributed by atoms with Gasteiger partial charge in [-0.25, -0.2) is 13.1 Å². The topological polar surface area (TPSA) is 61.2 Å². The van der Waals surface area contributed by atoms with E-state index in [1.54, 1.807) is 0 Å². The smallest absolute Gasteiger partial charge is 0.266 e. The molecule has 0 amide bonds. The summed E-state index contributed by atoms with van der Waals surface area (Å²) in [5, 5.41) is 4.16. The molecule has 5 nitrogen and oxygen atoms in total. The molecule has 114 valence electrons. The number of hydrogen-bond acceptors (Lipinski definition) is 4. The van der Waals surface area contributed by atoms with Crippen LogP contribution >= 0.6 is 22.3 Å². The van der Waals surface area contributed by atoms with Crippen molar-refractivity contribution >= 4 is 31.3 Å². The molecule has 0 aliphatic carbocycles. The predicted molar refractivity (Wildman–Crippen MR) is 81.3 cm³/mol. The fourth-order valence-electron chi connectivity index (χ4n) is 1.91. The van der Waals surface area contributed by atoms with Crippen molar-refractivity contribution in [2.24, 2.45) is 0 Å². The first-order valence-electron chi connectivity index (χ1n) is 6.07. The summed E-state index contributed by atoms with van der Waals surface area (Å²) in [4.78, 5) is -0.195. The summed E-state index contributed by atoms with van der Waals surface area (Å²) in [6.45, 7) is 2.35. The van der Waals surface area contributed by atoms with Gasteiger partial charge < -0.3 is 4.74 Å². The van der Waals surface area contributed by atoms with Crippen molar-refractivity contribution in [3.05, 3.63) is 46.2 Å². The number of ether oxygens (including phenoxy) is 1. The molecule has 0 saturated heterocycles. The summed E-state index contributed by atoms with van der Waals surface area (Å²) in [7, 11) is 2.88. The Kier molecular flexibility index (Phi) is 4.93. The van der Waals surface area contributed by atoms with Crippen LogP contribution < -0.4 is 0 Å². The first-order valence-corrected chi connectivity index (χ1v) is 8.76. The van der Waals surface area contributed by atoms with E-state index in [0.29, 0.717) is 6.54 Å². The number of methoxy groups -OCH3 is 1. The third kappa shape index (κ3) is 3.77. The van der Waals surface area contributed by atoms with Gasteiger partial charge in [0.2, 0.25) is 0 Å². The second kappa shape index (κ2) is 6.36. The average molecular weight is 349 g/mol. The average Bonchev–Trinajstić information content (AvgIpc) is 2.69. The maximum atomic E-state index is 11.6. The van der Waals surface area contributed by atoms with Gasteiger partial charge in [0.05, 0.1) is 13.2 Å². The maximum absolute atomic E-state index is 11.6. The van der Waals surface area contributed by atoms with Crippen molar-refractivity contribution in [1.82, 2.24) is 9.78 Å². The van der Waals surface area contributed by atoms with Crippen molar-refractivity contribution in [1.29, 1.82) is 0 Å². The summed E-state index contributed by atoms with van der Waals surface area (Å²) in [5.41, 5.74) is 2.28. The van der Waals surface area contributed by atoms with Crippen LogP contribution in [0, 0.1) is 6.92 Å². The summed E-state index contributed by atoms with van der Waals surface area (Å²) in [5.74, 6) is 0. The molecular formula is C13H14Cl2N2O3S. The highest BCUT2D eigenvalue weighted by molar-refractivity contribution is 8.13. The number of aromatic nitrogens is 2. The van der Waals surface area contributed by atoms with Gasteiger partial charge in [0.25, 0.3) is 9.05 Å². The maximum Gasteiger partial charge on any atom is 0.266 e. The van der Waals surface area contributed by atoms with Gasteiger partial charge in [-0.2, -0.15) is 5.10 Å². The molecule has 0 atom stereocenters. The van der Waals surface area contributed by atoms with Crippen LogP contribution in [0.2, 0.25) is 5.15 Å². The second-order valence-electron chi connectivity index (χ2n) is 4.58. The number of aryl methyl sites for hydroxylation is 1. The van der Waals surface area contributed by atoms with Crippen LogP contribution in [-0.2, 0) is 26.9 Å². The van der Waals surface area contributed by atoms with Crippen molar-refractivity contribution in [3.8, 4) is 0 Å². The van der Waals surface area contributed by atoms with E-state index in [0.717, 1.165) is 11.1 Å². The third-order valence-electron chi connectivity index (χ3n) is 2.90. The van der Waals surface area contributed by atoms with Crippen molar-refractivity contribution < 1.29 is 13.2 Å². The van der Waals surface area contributed by atoms with Gasteiger partial charge in [-0.1, -0.05) is 41.4 Å². The van der Waals surface area contributed by atoms with Gasteiger partial charge in [-0.15, -0.1) is 0 Å². The molecule has 0 fully saturated rings. The Bertz CT molecular complexity index is 740. The summed E-state index contributed by atoms with van der Waals surface area (Å²) >= 11 is 6.11. The lowest BCUT2D eigenvalue weighted by Gasteiger charge is -2.04. The van der Waals surface area contributed by atoms with Crippen molar-refractivity contribution in [2.45, 2.75) is 25.0 Å². The molecule has 21 heavy (non-hydrogen) atoms. The molecule has 1 heterocycles. The van der Waals surface area contributed by atoms with Crippen molar-refractivity contribution in [2.75, 3.05) is 7.11 Å². The molecular weight excluding hydrogens is 335 g/mol. The van der Waals surface area contributed by atoms with Gasteiger partial charge in [0.1, 0.15) is 15.7 Å². The zero-order chi connectivity index (χ0) is 15.6. The lowest BCUT2D eigenvalue weighted by Crippen LogP contribution is -2.02. The second-order valence-corrected chi connectivity index (χ2v) is 7.44. The largest absolute Gasteiger partial charge is 0.378 e. The molecule has 1 aromatic carbocycles. The van der Waals surface area contributed by atoms with Gasteiger partial charge >= 0.3 is 0 Å². The van der Waals surface area contributed by atoms with E-state index in [-0.39, 0.29) is 22.3 Å². The fourth-order valence-corrected chi connectivity index (χ4v) is 3.72. The van der Waals surface area contributed by atoms with Crippen LogP contribution in [0.15, 0.2) is 29.2 Å². The fraction of sp³-hybridized carbons (Fsp3) is 0.308. The Morgan fingerprint density at radius 2 is 1.90 bits per heavy atom. The first-order chi connectivity index (χ1) is 9.82. The molecule has 0 radical (unpaired) electrons. The van der Waals surface area contributed by atoms with Crippen molar-refractivity contribution in [3.63, 3.8) is 0 Å². The molecule has 0 unspecified atom stereocenters. The molecule has 0 N–H and O–H groups in total. The first kappa shape index (κ1) is 16.3. The van der Waals surface area contributed by atoms with Crippen LogP contribution in [0.5, 0.6) is 0 Å². The normalized spacial score (nSPS) is 11.8. The summed E-state index contributed by atoms with van der Waals surface area (Å²) in [6, 6.07) is 7.78. The SMILES string of the molecule is COCc1nn(Cc2ccc(C)cc2)c(Cl)c1S(=O)(=O)Cl. The summed E-state index contributed by atoms with van der Waals surface area (Å²) < 4.78 is 29.6. The Morgan fingerprint density at radius 3 is 2.43 bits per heavy atom. The minimum absolute atomic E-state index is 0.0158. The molecule has 0 bridgehead atoms. The van der Waals surface area contributed by atoms with Crippen LogP contribution in [0.3, 0.4) is 0 Å². The molecule has 0 spiro atoms. The lowest BCUT2D eigenvalue weighted by atomic mass is 10.1. The van der Waals surface area contributed by atoms with Gasteiger partial charge in [0.15, 0.2) is 0 Å². The molecule has 2 rings (SSSR count). The zero-order valence-electron chi connectivity index (χ0n) is 11.5. The number of hydrogen-bond donors (Lipinski definition) is 0. The number of nitrogens with zero attached hydrogens (tertiary/aromatic N) is 2. The van der Waals surface area contributed by atoms with Gasteiger partial charge in [0, 0.05) is 17.8 Å². The minimum Gasteiger partial charge on any atom is -0.378 e. The highest BCUT2D eigenvalue weighted by Crippen LogP contribution is 2.29. The van der Waals surface area contributed by atoms with E-state index in [4.69, 9.17) is 27.0 Å². The molecule has 0 aliphatic heterocycles. The van der Waals surface area contributed by atoms with E-state index in [9.17, 15) is 8.42 Å². The van der Waals surface area contributed by atoms with Crippen LogP contribution in [0.4, 0.5) is 0 Å². The predicted octanol–water partition coefficient (Wildman–Crippen LogP) is 2.97. The van der Waals surface area contributed by atoms with Crippen LogP contribution in [0.25, 0.3) is 0 Å². The monoisotopic (exact) mass is 348 g/mol. The quantitative estimate of drug-likeness (QED) is 0.779. The minimum atomic E-state index is -3.99. The van der Waals surface area contributed by atoms with Gasteiger partial charge in [-0.3, -0.25) is 0 Å². The molecule has 0 saturated carbocycles. The standard InChI is InChI=1S/C13H14Cl2N2O3S/c1-9-3-5-10(6-4-9)7-17-13(14)12(21(15,18)19)11(16-17)8-20-2/h3-6H,7-8H2,1-2H3. The van der Waals surface area contributed by atoms with E-state index in [2.05, 4.69) is 5.10 Å². The zero-order valence-corrected chi connectivity index (χ0v) is 13.8. The van der Waals surface area contributed by atoms with E-state index < -0.39 is 9.05 Å². The Hall–Kier alpha value is -1.08. The molecule has 1 aromatic heterocycles. The highest BCUT2D eigenvalue weighted by atomic mass is 35.7. The van der Waals surface area contributed by atoms with Crippen LogP contribution in [-0.4, -0.2) is 25.3 Å². The van der Waals surface area contributed by atoms with Crippen LogP contribution in [0.1, 0.15) is 16.8 Å². The lowest BCUT2D eigenvalue weighted by molar-refractivity contribution is 0.178. The number of rotatable bonds is 5. The van der Waals surface area contributed by atoms with E-state index in [1.165, 1.54) is 11.8 Å². The Labute approximate surface area is 132 Å². The third-order valence-corrected chi connectivity index (χ3v) is 4.77. The summed E-state index contributed by atoms with van der Waals surface area (Å²) in [6.07, 6.45) is 0. The van der Waals surface area contributed by atoms with E-state index >= 15 is 0 Å². The van der Waals surface area contributed by atoms with E-state index in [1.807, 2.05) is 31.2 Å². The highest BCUT2D eigenvalue weighted by Gasteiger charge is 2.26.